The average molecular weight is 2120 g/mol. The molecule has 0 aliphatic carbocycles. The number of carbonyl (C=O) groups excluding carboxylic acids is 9. The van der Waals surface area contributed by atoms with E-state index in [4.69, 9.17) is 80.5 Å². The summed E-state index contributed by atoms with van der Waals surface area (Å²) in [6.45, 7) is 11.1. The van der Waals surface area contributed by atoms with Crippen LogP contribution in [0.4, 0.5) is 0 Å². The molecule has 4 aromatic heterocycles. The van der Waals surface area contributed by atoms with E-state index >= 15 is 0 Å². The van der Waals surface area contributed by atoms with Gasteiger partial charge in [-0.2, -0.15) is 39.1 Å². The van der Waals surface area contributed by atoms with Gasteiger partial charge in [0.1, 0.15) is 20.8 Å². The van der Waals surface area contributed by atoms with Crippen molar-refractivity contribution in [3.8, 4) is 33.8 Å². The first-order valence-corrected chi connectivity index (χ1v) is 45.6. The molecule has 0 spiro atoms. The van der Waals surface area contributed by atoms with Crippen LogP contribution in [-0.4, -0.2) is 232 Å². The van der Waals surface area contributed by atoms with Crippen molar-refractivity contribution >= 4 is 196 Å². The first-order valence-electron chi connectivity index (χ1n) is 43.0. The summed E-state index contributed by atoms with van der Waals surface area (Å²) in [4.78, 5) is 152. The number of ether oxygens (including phenoxy) is 5. The van der Waals surface area contributed by atoms with Gasteiger partial charge in [0.2, 0.25) is 0 Å². The number of aromatic nitrogens is 8. The van der Waals surface area contributed by atoms with E-state index in [1.807, 2.05) is 35.6 Å². The largest absolute Gasteiger partial charge is 1.00 e. The zero-order valence-electron chi connectivity index (χ0n) is 77.3. The molecule has 2 aliphatic rings. The van der Waals surface area contributed by atoms with Crippen LogP contribution in [0.25, 0.3) is 77.4 Å². The predicted octanol–water partition coefficient (Wildman–Crippen LogP) is 13.9. The molecule has 33 nitrogen and oxygen atoms in total. The molecular formula is C103H83BCl4ILiN10O23. The van der Waals surface area contributed by atoms with Crippen LogP contribution >= 0.6 is 69.0 Å². The van der Waals surface area contributed by atoms with E-state index in [2.05, 4.69) is 25.1 Å². The minimum atomic E-state index is -1.51. The van der Waals surface area contributed by atoms with Crippen molar-refractivity contribution in [3.63, 3.8) is 0 Å². The average Bonchev–Trinajstić information content (AvgIpc) is 1.61. The fraction of sp³-hybridized carbons (Fsp3) is 0.146. The maximum atomic E-state index is 13.8. The van der Waals surface area contributed by atoms with E-state index in [0.717, 1.165) is 5.56 Å². The van der Waals surface area contributed by atoms with Crippen molar-refractivity contribution in [2.45, 2.75) is 27.7 Å². The Hall–Kier alpha value is -14.7. The number of nitrogens with zero attached hydrogens (tertiary/aromatic N) is 10. The Morgan fingerprint density at radius 2 is 0.573 bits per heavy atom. The van der Waals surface area contributed by atoms with Crippen LogP contribution in [0.3, 0.4) is 0 Å². The molecule has 12 aromatic carbocycles. The number of esters is 3. The van der Waals surface area contributed by atoms with Gasteiger partial charge in [-0.1, -0.05) is 143 Å². The van der Waals surface area contributed by atoms with Crippen LogP contribution < -0.4 is 24.3 Å². The second-order valence-electron chi connectivity index (χ2n) is 31.8. The molecule has 2 fully saturated rings. The van der Waals surface area contributed by atoms with Crippen molar-refractivity contribution in [2.75, 3.05) is 73.9 Å². The molecule has 2 aliphatic heterocycles. The number of amides is 2. The third-order valence-electron chi connectivity index (χ3n) is 23.0. The molecule has 2 saturated heterocycles. The summed E-state index contributed by atoms with van der Waals surface area (Å²) >= 11 is 27.3. The maximum absolute atomic E-state index is 13.8. The molecular weight excluding hydrogens is 2030 g/mol. The van der Waals surface area contributed by atoms with Gasteiger partial charge in [0, 0.05) is 75.5 Å². The first kappa shape index (κ1) is 107. The third kappa shape index (κ3) is 23.6. The molecule has 2 amide bonds. The molecule has 16 aromatic rings. The Balaban J connectivity index is 0.000000164. The van der Waals surface area contributed by atoms with Gasteiger partial charge in [0.25, 0.3) is 35.4 Å². The van der Waals surface area contributed by atoms with E-state index in [0.29, 0.717) is 215 Å². The summed E-state index contributed by atoms with van der Waals surface area (Å²) in [6, 6.07) is 65.7. The molecule has 0 unspecified atom stereocenters. The molecule has 18 rings (SSSR count). The summed E-state index contributed by atoms with van der Waals surface area (Å²) in [5.41, 5.74) is 11.9. The minimum Gasteiger partial charge on any atom is -0.870 e. The van der Waals surface area contributed by atoms with Crippen LogP contribution in [0.2, 0.25) is 20.1 Å². The monoisotopic (exact) mass is 2110 g/mol. The van der Waals surface area contributed by atoms with Crippen LogP contribution in [0.5, 0.6) is 0 Å². The molecule has 0 radical (unpaired) electrons. The predicted molar refractivity (Wildman–Crippen MR) is 538 cm³/mol. The zero-order valence-corrected chi connectivity index (χ0v) is 82.5. The number of hydrogen-bond donors (Lipinski definition) is 5. The molecule has 6 N–H and O–H groups in total. The van der Waals surface area contributed by atoms with E-state index in [-0.39, 0.29) is 69.3 Å². The number of halogens is 5. The Morgan fingerprint density at radius 3 is 0.846 bits per heavy atom. The fourth-order valence-electron chi connectivity index (χ4n) is 15.6. The third-order valence-corrected chi connectivity index (χ3v) is 25.0. The Morgan fingerprint density at radius 1 is 0.329 bits per heavy atom. The first-order chi connectivity index (χ1) is 67.6. The van der Waals surface area contributed by atoms with Gasteiger partial charge in [-0.15, -0.1) is 0 Å². The molecule has 0 atom stereocenters. The number of carboxylic acid groups (broad SMARTS) is 3. The molecule has 0 bridgehead atoms. The number of rotatable bonds is 16. The van der Waals surface area contributed by atoms with Gasteiger partial charge in [-0.3, -0.25) is 28.8 Å². The van der Waals surface area contributed by atoms with Crippen molar-refractivity contribution in [3.05, 3.63) is 355 Å². The molecule has 0 saturated carbocycles. The SMILES string of the molecule is COC(=O)c1ccc(-c2nn(C(=O)c3c(C)cccc3Cl)c3cc(C(=O)N4CCOCC4)ccc23)cc1.COC(=O)c1ccc(-c2nn(C(=O)c3c(C)cccc3Cl)c3cc(C(=O)O)ccc23)cc1.COC(=O)c1ccc(B(O)O)cc1.Cc1cccc(Cl)c1C(=O)n1nc(-c2ccc(C(=O)O)cc2)c2ccc(C(=O)N3CCOCC3)cc21.Cc1cccc(Cl)c1C(=O)n1nc(I)c2ccc(C(=O)O)cc21.[Li+].[OH-]. The van der Waals surface area contributed by atoms with Crippen LogP contribution in [0.15, 0.2) is 243 Å². The summed E-state index contributed by atoms with van der Waals surface area (Å²) in [7, 11) is 2.40. The van der Waals surface area contributed by atoms with E-state index in [1.165, 1.54) is 101 Å². The molecule has 40 heteroatoms. The fourth-order valence-corrected chi connectivity index (χ4v) is 17.5. The van der Waals surface area contributed by atoms with Gasteiger partial charge in [-0.05, 0) is 224 Å². The summed E-state index contributed by atoms with van der Waals surface area (Å²) in [5.74, 6) is -6.55. The number of hydrogen-bond acceptors (Lipinski definition) is 24. The van der Waals surface area contributed by atoms with E-state index in [9.17, 15) is 67.7 Å². The number of carboxylic acids is 3. The molecule has 6 heterocycles. The van der Waals surface area contributed by atoms with Gasteiger partial charge >= 0.3 is 61.8 Å². The summed E-state index contributed by atoms with van der Waals surface area (Å²) < 4.78 is 30.2. The number of morpholine rings is 2. The summed E-state index contributed by atoms with van der Waals surface area (Å²) in [6.07, 6.45) is 0. The van der Waals surface area contributed by atoms with E-state index < -0.39 is 60.7 Å². The molecule has 722 valence electrons. The van der Waals surface area contributed by atoms with Gasteiger partial charge in [-0.25, -0.2) is 28.8 Å². The normalized spacial score (nSPS) is 12.0. The smallest absolute Gasteiger partial charge is 0.870 e. The Bertz CT molecular complexity index is 7600. The summed E-state index contributed by atoms with van der Waals surface area (Å²) in [5, 5.41) is 67.2. The van der Waals surface area contributed by atoms with Crippen LogP contribution in [-0.2, 0) is 23.7 Å². The van der Waals surface area contributed by atoms with Crippen LogP contribution in [0, 0.1) is 31.4 Å². The number of benzene rings is 12. The standard InChI is InChI=1S/C28H24ClN3O5.C27H22ClN3O5.C24H17ClN2O5.C16H10ClIN2O3.C8H9BO4.Li.H2O/c1-17-4-3-5-22(29)24(17)27(34)32-23-16-20(26(33)31-12-14-37-15-13-31)10-11-21(23)25(30-32)18-6-8-19(9-7-18)28(35)36-2;1-16-3-2-4-21(28)23(16)26(33)31-22-15-19(25(32)30-11-13-36-14-12-30)9-10-20(22)24(29-31)17-5-7-18(8-6-17)27(34)35;1-13-4-3-5-18(25)20(13)22(28)27-19-12-16(23(29)30)10-11-17(19)21(26-27)14-6-8-15(9-7-14)24(31)32-2;1-8-3-2-4-11(17)13(8)15(21)20-12-7-9(16(22)23)5-6-10(12)14(18)19-20;1-13-8(10)6-2-4-7(5-3-6)9(11)12;;/h3-11,16H,12-15H2,1-2H3;2-10,15H,11-14H2,1H3,(H,34,35);3-12H,1-2H3,(H,29,30);2-7H,1H3,(H,22,23);2-5,11-12H,1H3;;1H2/q;;;;;+1;/p-1. The quantitative estimate of drug-likeness (QED) is 0.0259. The number of methoxy groups -OCH3 is 3. The van der Waals surface area contributed by atoms with Gasteiger partial charge in [0.05, 0.1) is 146 Å². The maximum Gasteiger partial charge on any atom is 1.00 e. The van der Waals surface area contributed by atoms with Crippen molar-refractivity contribution < 1.29 is 131 Å². The number of carbonyl (C=O) groups is 12. The Kier molecular flexibility index (Phi) is 35.4. The number of aromatic carboxylic acids is 3. The second kappa shape index (κ2) is 47.3. The van der Waals surface area contributed by atoms with E-state index in [1.54, 1.807) is 206 Å². The minimum absolute atomic E-state index is 0. The number of fused-ring (bicyclic) bond motifs is 4. The topological polar surface area (TPSA) is 460 Å². The van der Waals surface area contributed by atoms with Crippen molar-refractivity contribution in [1.82, 2.24) is 48.9 Å². The molecule has 143 heavy (non-hydrogen) atoms. The number of aryl methyl sites for hydroxylation is 4. The Labute approximate surface area is 860 Å². The van der Waals surface area contributed by atoms with Gasteiger partial charge < -0.3 is 64.3 Å². The van der Waals surface area contributed by atoms with Gasteiger partial charge in [0.15, 0.2) is 0 Å². The van der Waals surface area contributed by atoms with Crippen molar-refractivity contribution in [2.24, 2.45) is 0 Å². The second-order valence-corrected chi connectivity index (χ2v) is 34.4. The van der Waals surface area contributed by atoms with Crippen molar-refractivity contribution in [1.29, 1.82) is 0 Å². The zero-order chi connectivity index (χ0) is 101. The van der Waals surface area contributed by atoms with Crippen LogP contribution in [0.1, 0.15) is 147 Å².